The molecule has 13 heteroatoms. The van der Waals surface area contributed by atoms with Crippen LogP contribution >= 0.6 is 0 Å². The maximum absolute atomic E-state index is 13.7. The summed E-state index contributed by atoms with van der Waals surface area (Å²) >= 11 is 0. The van der Waals surface area contributed by atoms with E-state index in [1.807, 2.05) is 5.32 Å². The van der Waals surface area contributed by atoms with E-state index in [1.54, 1.807) is 18.3 Å². The average molecular weight is 528 g/mol. The molecule has 0 saturated heterocycles. The highest BCUT2D eigenvalue weighted by molar-refractivity contribution is 5.87. The molecule has 2 atom stereocenters. The Bertz CT molecular complexity index is 1970. The molecule has 0 spiro atoms. The van der Waals surface area contributed by atoms with Crippen LogP contribution in [0.1, 0.15) is 55.4 Å². The Labute approximate surface area is 228 Å². The third-order valence-corrected chi connectivity index (χ3v) is 6.99. The van der Waals surface area contributed by atoms with Crippen LogP contribution in [0.5, 0.6) is 0 Å². The number of aromatic nitrogens is 6. The molecule has 2 amide bonds. The largest absolute Gasteiger partial charge is 0.453 e. The molecular weight excluding hydrogens is 490 g/mol. The van der Waals surface area contributed by atoms with E-state index in [4.69, 9.17) is 16.7 Å². The van der Waals surface area contributed by atoms with Gasteiger partial charge in [0.05, 0.1) is 31.9 Å². The monoisotopic (exact) mass is 527 g/mol. The van der Waals surface area contributed by atoms with Gasteiger partial charge in [-0.3, -0.25) is 13.9 Å². The van der Waals surface area contributed by atoms with E-state index in [0.29, 0.717) is 28.4 Å². The fourth-order valence-electron chi connectivity index (χ4n) is 4.84. The number of primary amides is 1. The summed E-state index contributed by atoms with van der Waals surface area (Å²) in [6, 6.07) is -0.0801. The Kier molecular flexibility index (Phi) is 3.83. The molecule has 0 unspecified atom stereocenters. The van der Waals surface area contributed by atoms with Crippen molar-refractivity contribution in [3.63, 3.8) is 0 Å². The Hall–Kier alpha value is -4.42. The van der Waals surface area contributed by atoms with Crippen LogP contribution in [0.2, 0.25) is 0 Å². The van der Waals surface area contributed by atoms with E-state index in [2.05, 4.69) is 25.1 Å². The van der Waals surface area contributed by atoms with Gasteiger partial charge in [0.25, 0.3) is 0 Å². The minimum absolute atomic E-state index is 0.0570. The highest BCUT2D eigenvalue weighted by atomic mass is 16.5. The van der Waals surface area contributed by atoms with Crippen LogP contribution in [0, 0.1) is 0 Å². The molecule has 0 aliphatic heterocycles. The molecule has 6 rings (SSSR count). The first-order chi connectivity index (χ1) is 21.4. The number of nitrogens with zero attached hydrogens (tertiary/aromatic N) is 6. The van der Waals surface area contributed by atoms with Crippen molar-refractivity contribution in [1.82, 2.24) is 34.2 Å². The van der Waals surface area contributed by atoms with Crippen molar-refractivity contribution >= 4 is 45.7 Å². The predicted octanol–water partition coefficient (Wildman–Crippen LogP) is 2.04. The van der Waals surface area contributed by atoms with Crippen LogP contribution in [0.15, 0.2) is 35.4 Å². The number of pyridine rings is 2. The topological polar surface area (TPSA) is 164 Å². The zero-order valence-corrected chi connectivity index (χ0v) is 20.2. The van der Waals surface area contributed by atoms with Gasteiger partial charge in [-0.15, -0.1) is 0 Å². The van der Waals surface area contributed by atoms with Crippen LogP contribution in [-0.2, 0) is 22.0 Å². The normalized spacial score (nSPS) is 28.4. The number of alkyl carbamates (subject to hydrolysis) is 1. The maximum atomic E-state index is 13.7. The summed E-state index contributed by atoms with van der Waals surface area (Å²) < 4.78 is 74.3. The van der Waals surface area contributed by atoms with Gasteiger partial charge < -0.3 is 21.1 Å². The molecular formula is C25H29N9O4. The SMILES string of the molecule is [2H]C([2H])([2H])n1c(=O)n([C@@H]2CC([2H])([2H])[C@@]([2H])(NC(=O)OC)C2([2H])[2H])c2cc(Nc3ccc4cnn(C5(C(N)=O)CCC5)c4n3)ncc21. The number of imidazole rings is 1. The van der Waals surface area contributed by atoms with Crippen LogP contribution in [-0.4, -0.2) is 54.0 Å². The van der Waals surface area contributed by atoms with E-state index in [-0.39, 0.29) is 22.7 Å². The fourth-order valence-corrected chi connectivity index (χ4v) is 4.84. The Morgan fingerprint density at radius 3 is 2.84 bits per heavy atom. The number of carbonyl (C=O) groups excluding carboxylic acids is 2. The first kappa shape index (κ1) is 16.4. The first-order valence-corrected chi connectivity index (χ1v) is 11.8. The molecule has 2 fully saturated rings. The minimum atomic E-state index is -3.03. The highest BCUT2D eigenvalue weighted by Crippen LogP contribution is 2.40. The number of carbonyl (C=O) groups is 2. The quantitative estimate of drug-likeness (QED) is 0.343. The number of ether oxygens (including phenoxy) is 1. The number of hydrogen-bond acceptors (Lipinski definition) is 8. The van der Waals surface area contributed by atoms with Gasteiger partial charge in [0, 0.05) is 40.1 Å². The fraction of sp³-hybridized carbons (Fsp3) is 0.440. The zero-order chi connectivity index (χ0) is 33.6. The third-order valence-electron chi connectivity index (χ3n) is 6.99. The van der Waals surface area contributed by atoms with Gasteiger partial charge in [-0.2, -0.15) is 5.10 Å². The number of fused-ring (bicyclic) bond motifs is 2. The van der Waals surface area contributed by atoms with Crippen molar-refractivity contribution in [3.8, 4) is 0 Å². The van der Waals surface area contributed by atoms with Gasteiger partial charge in [-0.25, -0.2) is 24.2 Å². The molecule has 38 heavy (non-hydrogen) atoms. The molecule has 198 valence electrons. The lowest BCUT2D eigenvalue weighted by Crippen LogP contribution is -2.52. The molecule has 4 aromatic rings. The standard InChI is InChI=1S/C25H29N9O4/c1-32-18-13-27-20(11-17(18)33(24(32)37)16-6-5-15(10-16)29-23(36)38-2)30-19-7-4-14-12-28-34(21(14)31-19)25(22(26)35)8-3-9-25/h4,7,11-13,15-16H,3,5-6,8-10H2,1-2H3,(H2,26,35)(H,29,36)(H,27,30,31)/t15-,16-/m1/s1/i1D3,5D2,10D2,15D. The second kappa shape index (κ2) is 8.85. The molecule has 2 saturated carbocycles. The highest BCUT2D eigenvalue weighted by Gasteiger charge is 2.46. The molecule has 2 aliphatic rings. The van der Waals surface area contributed by atoms with Gasteiger partial charge >= 0.3 is 11.8 Å². The Morgan fingerprint density at radius 1 is 1.29 bits per heavy atom. The second-order valence-corrected chi connectivity index (χ2v) is 9.12. The molecule has 4 heterocycles. The van der Waals surface area contributed by atoms with Crippen molar-refractivity contribution in [2.24, 2.45) is 12.7 Å². The summed E-state index contributed by atoms with van der Waals surface area (Å²) in [5.41, 5.74) is 3.57. The van der Waals surface area contributed by atoms with Gasteiger partial charge in [0.1, 0.15) is 17.2 Å². The second-order valence-electron chi connectivity index (χ2n) is 9.12. The number of hydrogen-bond donors (Lipinski definition) is 3. The molecule has 13 nitrogen and oxygen atoms in total. The first-order valence-electron chi connectivity index (χ1n) is 15.8. The maximum Gasteiger partial charge on any atom is 0.407 e. The van der Waals surface area contributed by atoms with Gasteiger partial charge in [0.2, 0.25) is 5.91 Å². The summed E-state index contributed by atoms with van der Waals surface area (Å²) in [4.78, 5) is 46.9. The number of nitrogens with one attached hydrogen (secondary N) is 2. The van der Waals surface area contributed by atoms with Crippen LogP contribution in [0.4, 0.5) is 16.4 Å². The molecule has 0 radical (unpaired) electrons. The van der Waals surface area contributed by atoms with E-state index >= 15 is 0 Å². The number of nitrogens with two attached hydrogens (primary N) is 1. The lowest BCUT2D eigenvalue weighted by molar-refractivity contribution is -0.131. The van der Waals surface area contributed by atoms with E-state index < -0.39 is 61.4 Å². The molecule has 0 aromatic carbocycles. The van der Waals surface area contributed by atoms with E-state index in [9.17, 15) is 14.4 Å². The van der Waals surface area contributed by atoms with Crippen molar-refractivity contribution in [2.75, 3.05) is 12.4 Å². The van der Waals surface area contributed by atoms with Crippen molar-refractivity contribution < 1.29 is 25.3 Å². The summed E-state index contributed by atoms with van der Waals surface area (Å²) in [5, 5.41) is 9.89. The number of methoxy groups -OCH3 is 1. The number of amides is 2. The summed E-state index contributed by atoms with van der Waals surface area (Å²) in [5.74, 6) is -0.229. The lowest BCUT2D eigenvalue weighted by atomic mass is 9.76. The van der Waals surface area contributed by atoms with Crippen LogP contribution in [0.3, 0.4) is 0 Å². The zero-order valence-electron chi connectivity index (χ0n) is 28.2. The lowest BCUT2D eigenvalue weighted by Gasteiger charge is -2.38. The van der Waals surface area contributed by atoms with Crippen molar-refractivity contribution in [3.05, 3.63) is 41.1 Å². The van der Waals surface area contributed by atoms with Crippen molar-refractivity contribution in [2.45, 2.75) is 56.0 Å². The molecule has 4 N–H and O–H groups in total. The van der Waals surface area contributed by atoms with Crippen LogP contribution in [0.25, 0.3) is 22.1 Å². The Balaban J connectivity index is 1.47. The van der Waals surface area contributed by atoms with E-state index in [0.717, 1.165) is 24.3 Å². The molecule has 2 aliphatic carbocycles. The molecule has 4 aromatic heterocycles. The Morgan fingerprint density at radius 2 is 2.13 bits per heavy atom. The number of aryl methyl sites for hydroxylation is 1. The third kappa shape index (κ3) is 3.68. The number of rotatable bonds is 6. The van der Waals surface area contributed by atoms with Crippen molar-refractivity contribution in [1.29, 1.82) is 0 Å². The van der Waals surface area contributed by atoms with Gasteiger partial charge in [-0.05, 0) is 50.6 Å². The summed E-state index contributed by atoms with van der Waals surface area (Å²) in [6.07, 6.45) is -3.25. The minimum Gasteiger partial charge on any atom is -0.453 e. The summed E-state index contributed by atoms with van der Waals surface area (Å²) in [6.45, 7) is -3.03. The smallest absolute Gasteiger partial charge is 0.407 e. The van der Waals surface area contributed by atoms with E-state index in [1.165, 1.54) is 10.7 Å². The van der Waals surface area contributed by atoms with Gasteiger partial charge in [-0.1, -0.05) is 0 Å². The van der Waals surface area contributed by atoms with Crippen LogP contribution < -0.4 is 22.1 Å². The summed E-state index contributed by atoms with van der Waals surface area (Å²) in [7, 11) is 0.968. The van der Waals surface area contributed by atoms with Gasteiger partial charge in [0.15, 0.2) is 5.65 Å². The average Bonchev–Trinajstić information content (AvgIpc) is 3.51. The predicted molar refractivity (Wildman–Crippen MR) is 139 cm³/mol. The number of anilines is 2. The molecule has 0 bridgehead atoms.